The zero-order valence-electron chi connectivity index (χ0n) is 34.3. The summed E-state index contributed by atoms with van der Waals surface area (Å²) >= 11 is 3.85. The van der Waals surface area contributed by atoms with E-state index in [-0.39, 0.29) is 0 Å². The van der Waals surface area contributed by atoms with Crippen molar-refractivity contribution in [3.63, 3.8) is 0 Å². The zero-order chi connectivity index (χ0) is 41.4. The van der Waals surface area contributed by atoms with E-state index in [4.69, 9.17) is 0 Å². The Bertz CT molecular complexity index is 4180. The molecule has 2 aliphatic rings. The van der Waals surface area contributed by atoms with Gasteiger partial charge in [-0.3, -0.25) is 0 Å². The second-order valence-electron chi connectivity index (χ2n) is 17.7. The van der Waals surface area contributed by atoms with Crippen molar-refractivity contribution in [3.05, 3.63) is 194 Å². The lowest BCUT2D eigenvalue weighted by Crippen LogP contribution is -1.92. The monoisotopic (exact) mass is 840 g/mol. The molecule has 0 bridgehead atoms. The molecule has 0 aliphatic heterocycles. The van der Waals surface area contributed by atoms with Crippen molar-refractivity contribution in [2.45, 2.75) is 0 Å². The molecule has 0 saturated heterocycles. The first kappa shape index (κ1) is 33.9. The van der Waals surface area contributed by atoms with E-state index < -0.39 is 0 Å². The number of fused-ring (bicyclic) bond motifs is 17. The molecule has 0 saturated carbocycles. The van der Waals surface area contributed by atoms with Crippen LogP contribution in [0.2, 0.25) is 0 Å². The largest absolute Gasteiger partial charge is 0.135 e. The van der Waals surface area contributed by atoms with Gasteiger partial charge in [0.05, 0.1) is 0 Å². The van der Waals surface area contributed by atoms with Gasteiger partial charge in [-0.15, -0.1) is 22.7 Å². The van der Waals surface area contributed by atoms with Gasteiger partial charge >= 0.3 is 0 Å². The third-order valence-corrected chi connectivity index (χ3v) is 17.2. The van der Waals surface area contributed by atoms with Crippen molar-refractivity contribution in [2.24, 2.45) is 0 Å². The summed E-state index contributed by atoms with van der Waals surface area (Å²) in [7, 11) is 0. The molecule has 292 valence electrons. The van der Waals surface area contributed by atoms with Crippen LogP contribution in [0.1, 0.15) is 0 Å². The smallest absolute Gasteiger partial charge is 0.0434 e. The molecular formula is C62H32S2. The highest BCUT2D eigenvalue weighted by atomic mass is 32.1. The van der Waals surface area contributed by atoms with Crippen molar-refractivity contribution in [2.75, 3.05) is 0 Å². The quantitative estimate of drug-likeness (QED) is 0.152. The van der Waals surface area contributed by atoms with Crippen LogP contribution in [0.4, 0.5) is 0 Å². The van der Waals surface area contributed by atoms with E-state index in [1.807, 2.05) is 22.7 Å². The topological polar surface area (TPSA) is 0 Å². The van der Waals surface area contributed by atoms with Gasteiger partial charge in [-0.1, -0.05) is 170 Å². The Balaban J connectivity index is 1.07. The molecule has 14 aromatic rings. The number of rotatable bonds is 2. The Morgan fingerprint density at radius 2 is 0.594 bits per heavy atom. The molecule has 0 unspecified atom stereocenters. The van der Waals surface area contributed by atoms with Crippen molar-refractivity contribution in [3.8, 4) is 66.8 Å². The maximum atomic E-state index is 2.53. The van der Waals surface area contributed by atoms with E-state index in [1.54, 1.807) is 0 Å². The molecule has 2 heterocycles. The SMILES string of the molecule is c1cc2c3c(cccc3c1)-c1c-2cc2c(ccc3c4cc5c(c(-c6cccc7c6sc6ccccc67)c4ccc23)-c2cccc3cccc-5c23)c1-c1cccc2c1sc1ccccc12. The second kappa shape index (κ2) is 12.1. The van der Waals surface area contributed by atoms with Crippen LogP contribution in [0, 0.1) is 0 Å². The molecule has 0 N–H and O–H groups in total. The first-order valence-corrected chi connectivity index (χ1v) is 23.8. The maximum Gasteiger partial charge on any atom is 0.0434 e. The zero-order valence-corrected chi connectivity index (χ0v) is 35.9. The minimum atomic E-state index is 1.29. The summed E-state index contributed by atoms with van der Waals surface area (Å²) < 4.78 is 5.36. The normalized spacial score (nSPS) is 12.7. The molecule has 0 atom stereocenters. The Labute approximate surface area is 375 Å². The molecule has 0 fully saturated rings. The van der Waals surface area contributed by atoms with Crippen molar-refractivity contribution < 1.29 is 0 Å². The highest BCUT2D eigenvalue weighted by Gasteiger charge is 2.31. The average Bonchev–Trinajstić information content (AvgIpc) is 4.10. The van der Waals surface area contributed by atoms with E-state index in [9.17, 15) is 0 Å². The van der Waals surface area contributed by atoms with Gasteiger partial charge in [-0.25, -0.2) is 0 Å². The molecule has 0 nitrogen and oxygen atoms in total. The summed E-state index contributed by atoms with van der Waals surface area (Å²) in [4.78, 5) is 0. The summed E-state index contributed by atoms with van der Waals surface area (Å²) in [5.41, 5.74) is 16.0. The second-order valence-corrected chi connectivity index (χ2v) is 19.8. The highest BCUT2D eigenvalue weighted by Crippen LogP contribution is 2.58. The lowest BCUT2D eigenvalue weighted by molar-refractivity contribution is 1.70. The molecule has 0 amide bonds. The van der Waals surface area contributed by atoms with Gasteiger partial charge in [0.2, 0.25) is 0 Å². The number of hydrogen-bond donors (Lipinski definition) is 0. The molecule has 0 spiro atoms. The van der Waals surface area contributed by atoms with E-state index in [0.717, 1.165) is 0 Å². The van der Waals surface area contributed by atoms with Gasteiger partial charge < -0.3 is 0 Å². The molecule has 0 radical (unpaired) electrons. The van der Waals surface area contributed by atoms with Gasteiger partial charge in [0.15, 0.2) is 0 Å². The fourth-order valence-corrected chi connectivity index (χ4v) is 14.6. The first-order chi connectivity index (χ1) is 31.8. The fourth-order valence-electron chi connectivity index (χ4n) is 12.2. The number of thiophene rings is 2. The van der Waals surface area contributed by atoms with Gasteiger partial charge in [-0.2, -0.15) is 0 Å². The lowest BCUT2D eigenvalue weighted by Gasteiger charge is -2.20. The molecule has 2 heteroatoms. The Morgan fingerprint density at radius 3 is 1.06 bits per heavy atom. The number of benzene rings is 12. The van der Waals surface area contributed by atoms with Crippen LogP contribution in [0.3, 0.4) is 0 Å². The van der Waals surface area contributed by atoms with Crippen molar-refractivity contribution in [1.82, 2.24) is 0 Å². The standard InChI is InChI=1S/C62H32S2/c1-3-25-53-37(15-1)43-19-9-23-47(61(43)63-53)57-41-29-27-36-35(49(41)31-51-39-17-5-11-33-13-7-21-45(55(33)39)59(51)57)28-30-42-50(36)32-52-40-18-6-12-34-14-8-22-46(56(34)40)60(52)58(42)48-24-10-20-44-38-16-2-4-26-54(38)64-62(44)48/h1-32H. The summed E-state index contributed by atoms with van der Waals surface area (Å²) in [6.45, 7) is 0. The van der Waals surface area contributed by atoms with Gasteiger partial charge in [0.25, 0.3) is 0 Å². The van der Waals surface area contributed by atoms with E-state index >= 15 is 0 Å². The third-order valence-electron chi connectivity index (χ3n) is 14.7. The molecule has 64 heavy (non-hydrogen) atoms. The summed E-state index contributed by atoms with van der Waals surface area (Å²) in [6, 6.07) is 74.1. The summed E-state index contributed by atoms with van der Waals surface area (Å²) in [6.07, 6.45) is 0. The minimum Gasteiger partial charge on any atom is -0.135 e. The highest BCUT2D eigenvalue weighted by molar-refractivity contribution is 7.26. The predicted octanol–water partition coefficient (Wildman–Crippen LogP) is 18.8. The van der Waals surface area contributed by atoms with E-state index in [2.05, 4.69) is 194 Å². The molecule has 2 aliphatic carbocycles. The predicted molar refractivity (Wildman–Crippen MR) is 279 cm³/mol. The molecule has 2 aromatic heterocycles. The number of hydrogen-bond acceptors (Lipinski definition) is 2. The Hall–Kier alpha value is -7.62. The molecular weight excluding hydrogens is 809 g/mol. The maximum absolute atomic E-state index is 2.53. The van der Waals surface area contributed by atoms with Crippen molar-refractivity contribution in [1.29, 1.82) is 0 Å². The van der Waals surface area contributed by atoms with Crippen LogP contribution >= 0.6 is 22.7 Å². The molecule has 12 aromatic carbocycles. The van der Waals surface area contributed by atoms with Crippen LogP contribution in [0.25, 0.3) is 161 Å². The van der Waals surface area contributed by atoms with Gasteiger partial charge in [0, 0.05) is 51.5 Å². The average molecular weight is 841 g/mol. The van der Waals surface area contributed by atoms with Crippen LogP contribution in [0.5, 0.6) is 0 Å². The van der Waals surface area contributed by atoms with Crippen LogP contribution in [-0.4, -0.2) is 0 Å². The van der Waals surface area contributed by atoms with E-state index in [0.29, 0.717) is 0 Å². The Morgan fingerprint density at radius 1 is 0.219 bits per heavy atom. The van der Waals surface area contributed by atoms with Crippen molar-refractivity contribution >= 4 is 117 Å². The van der Waals surface area contributed by atoms with Crippen LogP contribution in [-0.2, 0) is 0 Å². The molecule has 16 rings (SSSR count). The van der Waals surface area contributed by atoms with Gasteiger partial charge in [-0.05, 0) is 134 Å². The third kappa shape index (κ3) is 4.19. The summed E-state index contributed by atoms with van der Waals surface area (Å²) in [5, 5.41) is 18.4. The lowest BCUT2D eigenvalue weighted by atomic mass is 9.83. The Kier molecular flexibility index (Phi) is 6.41. The van der Waals surface area contributed by atoms with Gasteiger partial charge in [0.1, 0.15) is 0 Å². The van der Waals surface area contributed by atoms with Crippen LogP contribution in [0.15, 0.2) is 194 Å². The van der Waals surface area contributed by atoms with Crippen LogP contribution < -0.4 is 0 Å². The van der Waals surface area contributed by atoms with E-state index in [1.165, 1.54) is 161 Å². The first-order valence-electron chi connectivity index (χ1n) is 22.2. The minimum absolute atomic E-state index is 1.29. The fraction of sp³-hybridized carbons (Fsp3) is 0. The summed E-state index contributed by atoms with van der Waals surface area (Å²) in [5.74, 6) is 0.